The minimum absolute atomic E-state index is 0.0466. The summed E-state index contributed by atoms with van der Waals surface area (Å²) in [6.45, 7) is 7.83. The molecule has 0 N–H and O–H groups in total. The molecule has 25 heavy (non-hydrogen) atoms. The fraction of sp³-hybridized carbons (Fsp3) is 0.556. The van der Waals surface area contributed by atoms with Gasteiger partial charge in [-0.25, -0.2) is 18.6 Å². The lowest BCUT2D eigenvalue weighted by atomic mass is 9.94. The summed E-state index contributed by atoms with van der Waals surface area (Å²) in [6.07, 6.45) is 1.17. The van der Waals surface area contributed by atoms with Gasteiger partial charge in [0.25, 0.3) is 0 Å². The smallest absolute Gasteiger partial charge is 0.410 e. The van der Waals surface area contributed by atoms with E-state index in [0.29, 0.717) is 12.4 Å². The predicted octanol–water partition coefficient (Wildman–Crippen LogP) is 4.61. The van der Waals surface area contributed by atoms with Gasteiger partial charge in [0.2, 0.25) is 0 Å². The Morgan fingerprint density at radius 3 is 2.64 bits per heavy atom. The van der Waals surface area contributed by atoms with Gasteiger partial charge in [-0.05, 0) is 40.5 Å². The average molecular weight is 352 g/mol. The second kappa shape index (κ2) is 6.28. The lowest BCUT2D eigenvalue weighted by Crippen LogP contribution is -2.47. The van der Waals surface area contributed by atoms with Crippen LogP contribution in [0, 0.1) is 11.6 Å². The first-order valence-corrected chi connectivity index (χ1v) is 8.39. The molecule has 0 radical (unpaired) electrons. The molecule has 1 aliphatic heterocycles. The van der Waals surface area contributed by atoms with Gasteiger partial charge in [-0.1, -0.05) is 0 Å². The summed E-state index contributed by atoms with van der Waals surface area (Å²) in [7, 11) is 0. The van der Waals surface area contributed by atoms with E-state index in [1.165, 1.54) is 0 Å². The number of oxazole rings is 1. The second-order valence-electron chi connectivity index (χ2n) is 7.54. The van der Waals surface area contributed by atoms with E-state index in [0.717, 1.165) is 25.0 Å². The van der Waals surface area contributed by atoms with Crippen LogP contribution >= 0.6 is 0 Å². The molecule has 2 heterocycles. The highest BCUT2D eigenvalue weighted by molar-refractivity contribution is 5.73. The summed E-state index contributed by atoms with van der Waals surface area (Å²) in [5.74, 6) is -1.68. The number of likely N-dealkylation sites (tertiary alicyclic amines) is 1. The van der Waals surface area contributed by atoms with Crippen molar-refractivity contribution in [2.24, 2.45) is 0 Å². The minimum atomic E-state index is -0.970. The number of rotatable bonds is 1. The highest BCUT2D eigenvalue weighted by Gasteiger charge is 2.34. The van der Waals surface area contributed by atoms with Gasteiger partial charge in [0.15, 0.2) is 23.1 Å². The maximum absolute atomic E-state index is 13.4. The predicted molar refractivity (Wildman–Crippen MR) is 88.3 cm³/mol. The van der Waals surface area contributed by atoms with Gasteiger partial charge in [-0.3, -0.25) is 0 Å². The van der Waals surface area contributed by atoms with Crippen LogP contribution in [0.5, 0.6) is 0 Å². The van der Waals surface area contributed by atoms with Crippen LogP contribution in [0.1, 0.15) is 52.3 Å². The molecule has 1 amide bonds. The Morgan fingerprint density at radius 1 is 1.28 bits per heavy atom. The molecular formula is C18H22F2N2O3. The molecular weight excluding hydrogens is 330 g/mol. The van der Waals surface area contributed by atoms with Crippen molar-refractivity contribution in [1.82, 2.24) is 9.88 Å². The molecule has 1 aromatic carbocycles. The quantitative estimate of drug-likeness (QED) is 0.752. The van der Waals surface area contributed by atoms with Gasteiger partial charge < -0.3 is 14.1 Å². The van der Waals surface area contributed by atoms with Crippen LogP contribution in [0.4, 0.5) is 13.6 Å². The van der Waals surface area contributed by atoms with Crippen LogP contribution in [0.2, 0.25) is 0 Å². The first-order valence-electron chi connectivity index (χ1n) is 8.39. The number of nitrogens with zero attached hydrogens (tertiary/aromatic N) is 2. The molecule has 5 nitrogen and oxygen atoms in total. The van der Waals surface area contributed by atoms with Gasteiger partial charge in [0, 0.05) is 24.7 Å². The summed E-state index contributed by atoms with van der Waals surface area (Å²) in [5.41, 5.74) is -0.0937. The molecule has 0 saturated carbocycles. The summed E-state index contributed by atoms with van der Waals surface area (Å²) in [4.78, 5) is 18.4. The lowest BCUT2D eigenvalue weighted by Gasteiger charge is -2.37. The molecule has 1 aromatic heterocycles. The average Bonchev–Trinajstić information content (AvgIpc) is 2.89. The third-order valence-electron chi connectivity index (χ3n) is 4.31. The van der Waals surface area contributed by atoms with Crippen LogP contribution in [-0.4, -0.2) is 34.2 Å². The number of benzene rings is 1. The lowest BCUT2D eigenvalue weighted by molar-refractivity contribution is 0.00876. The van der Waals surface area contributed by atoms with Crippen molar-refractivity contribution < 1.29 is 22.7 Å². The van der Waals surface area contributed by atoms with E-state index < -0.39 is 17.2 Å². The topological polar surface area (TPSA) is 55.6 Å². The zero-order valence-corrected chi connectivity index (χ0v) is 14.8. The van der Waals surface area contributed by atoms with E-state index in [9.17, 15) is 13.6 Å². The number of carbonyl (C=O) groups is 1. The number of hydrogen-bond donors (Lipinski definition) is 0. The largest absolute Gasteiger partial charge is 0.444 e. The van der Waals surface area contributed by atoms with Crippen LogP contribution in [-0.2, 0) is 4.74 Å². The van der Waals surface area contributed by atoms with Crippen molar-refractivity contribution in [3.8, 4) is 0 Å². The highest BCUT2D eigenvalue weighted by Crippen LogP contribution is 2.32. The van der Waals surface area contributed by atoms with E-state index in [2.05, 4.69) is 4.98 Å². The fourth-order valence-electron chi connectivity index (χ4n) is 3.00. The van der Waals surface area contributed by atoms with Crippen LogP contribution in [0.3, 0.4) is 0 Å². The Balaban J connectivity index is 1.82. The van der Waals surface area contributed by atoms with Gasteiger partial charge >= 0.3 is 6.09 Å². The number of piperidine rings is 1. The van der Waals surface area contributed by atoms with Gasteiger partial charge in [0.1, 0.15) is 11.1 Å². The van der Waals surface area contributed by atoms with Gasteiger partial charge in [-0.15, -0.1) is 0 Å². The Labute approximate surface area is 145 Å². The molecule has 0 unspecified atom stereocenters. The number of hydrogen-bond acceptors (Lipinski definition) is 4. The van der Waals surface area contributed by atoms with E-state index in [1.54, 1.807) is 4.90 Å². The first kappa shape index (κ1) is 17.6. The SMILES string of the molecule is C[C@@H]1CC[C@@H](c2nc3cc(F)c(F)cc3o2)CN1C(=O)OC(C)(C)C. The molecule has 0 spiro atoms. The third-order valence-corrected chi connectivity index (χ3v) is 4.31. The molecule has 1 saturated heterocycles. The van der Waals surface area contributed by atoms with Crippen molar-refractivity contribution in [3.63, 3.8) is 0 Å². The zero-order valence-electron chi connectivity index (χ0n) is 14.8. The molecule has 2 aromatic rings. The van der Waals surface area contributed by atoms with Crippen LogP contribution in [0.25, 0.3) is 11.1 Å². The molecule has 1 fully saturated rings. The molecule has 136 valence electrons. The Bertz CT molecular complexity index is 758. The Kier molecular flexibility index (Phi) is 4.43. The summed E-state index contributed by atoms with van der Waals surface area (Å²) < 4.78 is 37.8. The van der Waals surface area contributed by atoms with Crippen molar-refractivity contribution in [3.05, 3.63) is 29.7 Å². The maximum Gasteiger partial charge on any atom is 0.410 e. The molecule has 0 aliphatic carbocycles. The Morgan fingerprint density at radius 2 is 1.96 bits per heavy atom. The molecule has 2 atom stereocenters. The molecule has 1 aliphatic rings. The third kappa shape index (κ3) is 3.75. The van der Waals surface area contributed by atoms with Crippen LogP contribution in [0.15, 0.2) is 16.5 Å². The van der Waals surface area contributed by atoms with E-state index >= 15 is 0 Å². The summed E-state index contributed by atoms with van der Waals surface area (Å²) in [5, 5.41) is 0. The molecule has 3 rings (SSSR count). The number of ether oxygens (including phenoxy) is 1. The van der Waals surface area contributed by atoms with Crippen molar-refractivity contribution in [2.45, 2.75) is 58.1 Å². The van der Waals surface area contributed by atoms with Crippen LogP contribution < -0.4 is 0 Å². The van der Waals surface area contributed by atoms with E-state index in [4.69, 9.17) is 9.15 Å². The first-order chi connectivity index (χ1) is 11.6. The van der Waals surface area contributed by atoms with Gasteiger partial charge in [0.05, 0.1) is 5.92 Å². The summed E-state index contributed by atoms with van der Waals surface area (Å²) >= 11 is 0. The standard InChI is InChI=1S/C18H22F2N2O3/c1-10-5-6-11(9-22(10)17(23)25-18(2,3)4)16-21-14-7-12(19)13(20)8-15(14)24-16/h7-8,10-11H,5-6,9H2,1-4H3/t10-,11-/m1/s1. The van der Waals surface area contributed by atoms with Crippen molar-refractivity contribution in [2.75, 3.05) is 6.54 Å². The summed E-state index contributed by atoms with van der Waals surface area (Å²) in [6, 6.07) is 2.07. The monoisotopic (exact) mass is 352 g/mol. The highest BCUT2D eigenvalue weighted by atomic mass is 19.2. The fourth-order valence-corrected chi connectivity index (χ4v) is 3.00. The van der Waals surface area contributed by atoms with Crippen molar-refractivity contribution >= 4 is 17.2 Å². The second-order valence-corrected chi connectivity index (χ2v) is 7.54. The van der Waals surface area contributed by atoms with Crippen molar-refractivity contribution in [1.29, 1.82) is 0 Å². The number of fused-ring (bicyclic) bond motifs is 1. The maximum atomic E-state index is 13.4. The number of halogens is 2. The van der Waals surface area contributed by atoms with E-state index in [-0.39, 0.29) is 29.2 Å². The van der Waals surface area contributed by atoms with E-state index in [1.807, 2.05) is 27.7 Å². The normalized spacial score (nSPS) is 21.6. The molecule has 7 heteroatoms. The number of carbonyl (C=O) groups excluding carboxylic acids is 1. The Hall–Kier alpha value is -2.18. The minimum Gasteiger partial charge on any atom is -0.444 e. The molecule has 0 bridgehead atoms. The zero-order chi connectivity index (χ0) is 18.4. The number of aromatic nitrogens is 1. The number of amides is 1. The van der Waals surface area contributed by atoms with Gasteiger partial charge in [-0.2, -0.15) is 0 Å².